The van der Waals surface area contributed by atoms with E-state index in [0.29, 0.717) is 6.54 Å². The minimum absolute atomic E-state index is 0.162. The zero-order valence-electron chi connectivity index (χ0n) is 9.84. The van der Waals surface area contributed by atoms with Crippen LogP contribution in [0.25, 0.3) is 0 Å². The zero-order valence-corrected chi connectivity index (χ0v) is 9.84. The molecule has 0 atom stereocenters. The van der Waals surface area contributed by atoms with Crippen LogP contribution in [-0.2, 0) is 4.79 Å². The normalized spacial score (nSPS) is 20.3. The second-order valence-corrected chi connectivity index (χ2v) is 4.56. The minimum atomic E-state index is 0.162. The predicted molar refractivity (Wildman–Crippen MR) is 58.2 cm³/mol. The first kappa shape index (κ1) is 11.5. The maximum atomic E-state index is 11.7. The molecule has 0 aliphatic carbocycles. The maximum absolute atomic E-state index is 11.7. The number of likely N-dealkylation sites (N-methyl/N-ethyl adjacent to an activating group) is 1. The summed E-state index contributed by atoms with van der Waals surface area (Å²) in [5.41, 5.74) is 0.162. The van der Waals surface area contributed by atoms with Crippen molar-refractivity contribution >= 4 is 5.91 Å². The van der Waals surface area contributed by atoms with E-state index in [4.69, 9.17) is 0 Å². The molecule has 0 radical (unpaired) electrons. The van der Waals surface area contributed by atoms with Gasteiger partial charge in [0, 0.05) is 25.2 Å². The smallest absolute Gasteiger partial charge is 0.236 e. The molecule has 1 fully saturated rings. The largest absolute Gasteiger partial charge is 0.341 e. The van der Waals surface area contributed by atoms with Gasteiger partial charge in [0.2, 0.25) is 5.91 Å². The van der Waals surface area contributed by atoms with E-state index in [2.05, 4.69) is 25.7 Å². The molecule has 0 aromatic carbocycles. The lowest BCUT2D eigenvalue weighted by molar-refractivity contribution is -0.138. The first-order valence-electron chi connectivity index (χ1n) is 5.54. The first-order valence-corrected chi connectivity index (χ1v) is 5.54. The molecule has 3 nitrogen and oxygen atoms in total. The van der Waals surface area contributed by atoms with Crippen molar-refractivity contribution in [1.29, 1.82) is 0 Å². The number of hydrogen-bond donors (Lipinski definition) is 0. The van der Waals surface area contributed by atoms with Crippen LogP contribution in [0.4, 0.5) is 0 Å². The lowest BCUT2D eigenvalue weighted by atomic mass is 9.98. The average molecular weight is 198 g/mol. The van der Waals surface area contributed by atoms with Crippen molar-refractivity contribution in [3.8, 4) is 0 Å². The average Bonchev–Trinajstić information content (AvgIpc) is 2.17. The number of carbonyl (C=O) groups excluding carboxylic acids is 1. The van der Waals surface area contributed by atoms with Gasteiger partial charge in [-0.1, -0.05) is 6.92 Å². The highest BCUT2D eigenvalue weighted by Gasteiger charge is 2.31. The van der Waals surface area contributed by atoms with Crippen molar-refractivity contribution in [2.45, 2.75) is 39.7 Å². The Morgan fingerprint density at radius 1 is 1.29 bits per heavy atom. The summed E-state index contributed by atoms with van der Waals surface area (Å²) in [5.74, 6) is 0.278. The van der Waals surface area contributed by atoms with Gasteiger partial charge in [-0.05, 0) is 27.2 Å². The third kappa shape index (κ3) is 2.27. The van der Waals surface area contributed by atoms with E-state index < -0.39 is 0 Å². The highest BCUT2D eigenvalue weighted by atomic mass is 16.2. The molecule has 1 heterocycles. The molecule has 0 aromatic rings. The van der Waals surface area contributed by atoms with Crippen LogP contribution >= 0.6 is 0 Å². The molecule has 0 bridgehead atoms. The van der Waals surface area contributed by atoms with Crippen LogP contribution in [0.5, 0.6) is 0 Å². The number of nitrogens with zero attached hydrogens (tertiary/aromatic N) is 2. The van der Waals surface area contributed by atoms with Crippen LogP contribution in [0.3, 0.4) is 0 Å². The van der Waals surface area contributed by atoms with Gasteiger partial charge >= 0.3 is 0 Å². The van der Waals surface area contributed by atoms with Gasteiger partial charge in [0.25, 0.3) is 0 Å². The van der Waals surface area contributed by atoms with Crippen LogP contribution in [0.2, 0.25) is 0 Å². The van der Waals surface area contributed by atoms with Crippen molar-refractivity contribution in [2.75, 3.05) is 26.2 Å². The van der Waals surface area contributed by atoms with E-state index >= 15 is 0 Å². The maximum Gasteiger partial charge on any atom is 0.236 e. The second-order valence-electron chi connectivity index (χ2n) is 4.56. The molecule has 1 amide bonds. The Morgan fingerprint density at radius 2 is 1.93 bits per heavy atom. The van der Waals surface area contributed by atoms with Crippen LogP contribution in [-0.4, -0.2) is 47.4 Å². The third-order valence-corrected chi connectivity index (χ3v) is 3.42. The van der Waals surface area contributed by atoms with Gasteiger partial charge in [-0.15, -0.1) is 0 Å². The number of piperazine rings is 1. The quantitative estimate of drug-likeness (QED) is 0.683. The Bertz CT molecular complexity index is 213. The second kappa shape index (κ2) is 4.30. The summed E-state index contributed by atoms with van der Waals surface area (Å²) in [6.45, 7) is 12.0. The van der Waals surface area contributed by atoms with Crippen molar-refractivity contribution in [2.24, 2.45) is 0 Å². The summed E-state index contributed by atoms with van der Waals surface area (Å²) < 4.78 is 0. The molecule has 82 valence electrons. The number of hydrogen-bond acceptors (Lipinski definition) is 2. The summed E-state index contributed by atoms with van der Waals surface area (Å²) >= 11 is 0. The Balaban J connectivity index is 2.59. The molecular weight excluding hydrogens is 176 g/mol. The molecule has 0 saturated carbocycles. The molecule has 0 N–H and O–H groups in total. The fourth-order valence-electron chi connectivity index (χ4n) is 1.78. The van der Waals surface area contributed by atoms with Gasteiger partial charge in [0.15, 0.2) is 0 Å². The highest BCUT2D eigenvalue weighted by Crippen LogP contribution is 2.20. The van der Waals surface area contributed by atoms with Crippen LogP contribution in [0.1, 0.15) is 34.1 Å². The van der Waals surface area contributed by atoms with Crippen molar-refractivity contribution in [3.63, 3.8) is 0 Å². The zero-order chi connectivity index (χ0) is 10.8. The molecule has 0 aromatic heterocycles. The molecule has 0 spiro atoms. The van der Waals surface area contributed by atoms with Gasteiger partial charge in [-0.25, -0.2) is 0 Å². The van der Waals surface area contributed by atoms with Crippen LogP contribution < -0.4 is 0 Å². The number of amides is 1. The van der Waals surface area contributed by atoms with Crippen molar-refractivity contribution < 1.29 is 4.79 Å². The predicted octanol–water partition coefficient (Wildman–Crippen LogP) is 1.34. The Morgan fingerprint density at radius 3 is 2.36 bits per heavy atom. The Kier molecular flexibility index (Phi) is 3.53. The third-order valence-electron chi connectivity index (χ3n) is 3.42. The Labute approximate surface area is 87.1 Å². The summed E-state index contributed by atoms with van der Waals surface area (Å²) in [6.07, 6.45) is 1.09. The van der Waals surface area contributed by atoms with E-state index in [1.807, 2.05) is 11.8 Å². The topological polar surface area (TPSA) is 23.6 Å². The van der Waals surface area contributed by atoms with Gasteiger partial charge in [-0.3, -0.25) is 9.69 Å². The molecule has 1 aliphatic heterocycles. The van der Waals surface area contributed by atoms with Crippen molar-refractivity contribution in [1.82, 2.24) is 9.80 Å². The van der Waals surface area contributed by atoms with Crippen molar-refractivity contribution in [3.05, 3.63) is 0 Å². The molecule has 1 rings (SSSR count). The summed E-state index contributed by atoms with van der Waals surface area (Å²) in [5, 5.41) is 0. The van der Waals surface area contributed by atoms with E-state index in [0.717, 1.165) is 26.1 Å². The van der Waals surface area contributed by atoms with Gasteiger partial charge in [-0.2, -0.15) is 0 Å². The molecular formula is C11H22N2O. The molecule has 1 aliphatic rings. The van der Waals surface area contributed by atoms with E-state index in [-0.39, 0.29) is 11.4 Å². The lowest BCUT2D eigenvalue weighted by Gasteiger charge is -2.43. The number of rotatable bonds is 3. The first-order chi connectivity index (χ1) is 6.51. The number of carbonyl (C=O) groups is 1. The summed E-state index contributed by atoms with van der Waals surface area (Å²) in [6, 6.07) is 0. The Hall–Kier alpha value is -0.570. The molecule has 1 saturated heterocycles. The minimum Gasteiger partial charge on any atom is -0.341 e. The fraction of sp³-hybridized carbons (Fsp3) is 0.909. The van der Waals surface area contributed by atoms with Gasteiger partial charge < -0.3 is 4.90 Å². The highest BCUT2D eigenvalue weighted by molar-refractivity contribution is 5.79. The monoisotopic (exact) mass is 198 g/mol. The molecule has 14 heavy (non-hydrogen) atoms. The fourth-order valence-corrected chi connectivity index (χ4v) is 1.78. The van der Waals surface area contributed by atoms with Crippen LogP contribution in [0.15, 0.2) is 0 Å². The summed E-state index contributed by atoms with van der Waals surface area (Å²) in [7, 11) is 0. The summed E-state index contributed by atoms with van der Waals surface area (Å²) in [4.78, 5) is 15.9. The van der Waals surface area contributed by atoms with Gasteiger partial charge in [0.05, 0.1) is 6.54 Å². The SMILES string of the molecule is CCN1CCN(C(C)(C)CC)CC1=O. The van der Waals surface area contributed by atoms with E-state index in [9.17, 15) is 4.79 Å². The molecule has 0 unspecified atom stereocenters. The standard InChI is InChI=1S/C11H22N2O/c1-5-11(3,4)13-8-7-12(6-2)10(14)9-13/h5-9H2,1-4H3. The lowest BCUT2D eigenvalue weighted by Crippen LogP contribution is -2.56. The van der Waals surface area contributed by atoms with E-state index in [1.165, 1.54) is 0 Å². The van der Waals surface area contributed by atoms with Gasteiger partial charge in [0.1, 0.15) is 0 Å². The van der Waals surface area contributed by atoms with E-state index in [1.54, 1.807) is 0 Å². The van der Waals surface area contributed by atoms with Crippen LogP contribution in [0, 0.1) is 0 Å². The molecule has 3 heteroatoms.